The highest BCUT2D eigenvalue weighted by molar-refractivity contribution is 6.35. The number of alkyl halides is 3. The molecule has 0 radical (unpaired) electrons. The van der Waals surface area contributed by atoms with E-state index in [1.165, 1.54) is 39.8 Å². The first kappa shape index (κ1) is 32.4. The summed E-state index contributed by atoms with van der Waals surface area (Å²) in [6.45, 7) is 6.80. The maximum atomic E-state index is 13.9. The van der Waals surface area contributed by atoms with Crippen molar-refractivity contribution < 1.29 is 22.8 Å². The van der Waals surface area contributed by atoms with Gasteiger partial charge in [-0.1, -0.05) is 28.4 Å². The van der Waals surface area contributed by atoms with Crippen LogP contribution in [0.25, 0.3) is 16.9 Å². The highest BCUT2D eigenvalue weighted by atomic mass is 35.5. The molecule has 0 atom stereocenters. The third-order valence-electron chi connectivity index (χ3n) is 6.58. The summed E-state index contributed by atoms with van der Waals surface area (Å²) < 4.78 is 42.9. The number of nitrogens with one attached hydrogen (secondary N) is 2. The van der Waals surface area contributed by atoms with Gasteiger partial charge in [-0.2, -0.15) is 23.5 Å². The summed E-state index contributed by atoms with van der Waals surface area (Å²) in [7, 11) is 0. The second-order valence-corrected chi connectivity index (χ2v) is 12.1. The summed E-state index contributed by atoms with van der Waals surface area (Å²) in [5.41, 5.74) is -0.545. The zero-order chi connectivity index (χ0) is 33.6. The van der Waals surface area contributed by atoms with Crippen LogP contribution in [-0.2, 0) is 12.7 Å². The Morgan fingerprint density at radius 1 is 1.04 bits per heavy atom. The van der Waals surface area contributed by atoms with Crippen molar-refractivity contribution in [3.05, 3.63) is 92.3 Å². The third kappa shape index (κ3) is 6.65. The fraction of sp³-hybridized carbons (Fsp3) is 0.233. The minimum absolute atomic E-state index is 0.000968. The van der Waals surface area contributed by atoms with Crippen LogP contribution in [-0.4, -0.2) is 47.1 Å². The van der Waals surface area contributed by atoms with E-state index in [9.17, 15) is 28.0 Å². The number of aryl methyl sites for hydroxylation is 1. The molecule has 11 nitrogen and oxygen atoms in total. The first-order chi connectivity index (χ1) is 21.6. The lowest BCUT2D eigenvalue weighted by Crippen LogP contribution is -2.41. The quantitative estimate of drug-likeness (QED) is 0.214. The van der Waals surface area contributed by atoms with E-state index in [1.807, 2.05) is 6.07 Å². The van der Waals surface area contributed by atoms with Gasteiger partial charge >= 0.3 is 6.18 Å². The second kappa shape index (κ2) is 12.1. The number of aromatic nitrogens is 6. The topological polar surface area (TPSA) is 143 Å². The van der Waals surface area contributed by atoms with E-state index in [2.05, 4.69) is 31.0 Å². The SMILES string of the molecule is Cc1cc(C#N)cc(C(=O)NC(C)(C)C)c1NC(=O)c1cc(Cn2nnc3c(Cl)cc(C(F)(F)F)cc32)nn1-c1ncccc1Cl. The minimum atomic E-state index is -4.66. The number of rotatable bonds is 6. The molecule has 3 heterocycles. The van der Waals surface area contributed by atoms with Crippen LogP contribution in [0, 0.1) is 18.3 Å². The van der Waals surface area contributed by atoms with Gasteiger partial charge in [0.25, 0.3) is 11.8 Å². The fourth-order valence-electron chi connectivity index (χ4n) is 4.61. The lowest BCUT2D eigenvalue weighted by atomic mass is 10.0. The molecule has 236 valence electrons. The summed E-state index contributed by atoms with van der Waals surface area (Å²) in [6, 6.07) is 11.1. The molecule has 0 bridgehead atoms. The Hall–Kier alpha value is -5.00. The highest BCUT2D eigenvalue weighted by Gasteiger charge is 2.32. The molecule has 2 amide bonds. The number of nitriles is 1. The van der Waals surface area contributed by atoms with Crippen molar-refractivity contribution in [3.8, 4) is 11.9 Å². The van der Waals surface area contributed by atoms with E-state index in [0.29, 0.717) is 5.56 Å². The van der Waals surface area contributed by atoms with Gasteiger partial charge in [0.1, 0.15) is 11.2 Å². The van der Waals surface area contributed by atoms with E-state index < -0.39 is 29.1 Å². The number of hydrogen-bond acceptors (Lipinski definition) is 7. The summed E-state index contributed by atoms with van der Waals surface area (Å²) in [4.78, 5) is 31.4. The van der Waals surface area contributed by atoms with Gasteiger partial charge in [-0.3, -0.25) is 9.59 Å². The number of carbonyl (C=O) groups excluding carboxylic acids is 2. The van der Waals surface area contributed by atoms with Crippen LogP contribution in [0.3, 0.4) is 0 Å². The Morgan fingerprint density at radius 3 is 2.43 bits per heavy atom. The average molecular weight is 670 g/mol. The molecule has 5 rings (SSSR count). The highest BCUT2D eigenvalue weighted by Crippen LogP contribution is 2.35. The number of carbonyl (C=O) groups is 2. The average Bonchev–Trinajstić information content (AvgIpc) is 3.57. The molecule has 0 aliphatic rings. The van der Waals surface area contributed by atoms with Crippen LogP contribution in [0.2, 0.25) is 10.0 Å². The monoisotopic (exact) mass is 669 g/mol. The summed E-state index contributed by atoms with van der Waals surface area (Å²) in [5, 5.41) is 27.4. The van der Waals surface area contributed by atoms with Gasteiger partial charge in [0.2, 0.25) is 0 Å². The van der Waals surface area contributed by atoms with E-state index >= 15 is 0 Å². The fourth-order valence-corrected chi connectivity index (χ4v) is 5.06. The van der Waals surface area contributed by atoms with E-state index in [1.54, 1.807) is 33.8 Å². The van der Waals surface area contributed by atoms with E-state index in [-0.39, 0.29) is 61.6 Å². The number of fused-ring (bicyclic) bond motifs is 1. The van der Waals surface area contributed by atoms with E-state index in [4.69, 9.17) is 23.2 Å². The first-order valence-electron chi connectivity index (χ1n) is 13.5. The molecule has 16 heteroatoms. The van der Waals surface area contributed by atoms with Gasteiger partial charge in [-0.25, -0.2) is 14.3 Å². The second-order valence-electron chi connectivity index (χ2n) is 11.3. The molecule has 2 N–H and O–H groups in total. The Labute approximate surface area is 269 Å². The number of pyridine rings is 1. The Bertz CT molecular complexity index is 2060. The van der Waals surface area contributed by atoms with Crippen molar-refractivity contribution in [3.63, 3.8) is 0 Å². The number of benzene rings is 2. The third-order valence-corrected chi connectivity index (χ3v) is 7.16. The lowest BCUT2D eigenvalue weighted by Gasteiger charge is -2.22. The molecule has 0 spiro atoms. The van der Waals surface area contributed by atoms with Crippen LogP contribution < -0.4 is 10.6 Å². The van der Waals surface area contributed by atoms with Crippen molar-refractivity contribution in [2.24, 2.45) is 0 Å². The van der Waals surface area contributed by atoms with Crippen LogP contribution >= 0.6 is 23.2 Å². The zero-order valence-corrected chi connectivity index (χ0v) is 26.2. The van der Waals surface area contributed by atoms with Gasteiger partial charge in [-0.15, -0.1) is 5.10 Å². The van der Waals surface area contributed by atoms with Gasteiger partial charge in [0.05, 0.1) is 56.2 Å². The molecule has 0 aliphatic carbocycles. The number of amides is 2. The largest absolute Gasteiger partial charge is 0.416 e. The standard InChI is InChI=1S/C30H24Cl2F3N9O2/c1-15-8-16(13-36)9-19(27(45)39-29(2,3)4)24(15)38-28(46)23-12-18(41-44(23)26-20(31)6-5-7-37-26)14-43-22-11-17(30(33,34)35)10-21(32)25(22)40-42-43/h5-12H,14H2,1-4H3,(H,38,46)(H,39,45). The van der Waals surface area contributed by atoms with Crippen molar-refractivity contribution in [2.45, 2.75) is 46.0 Å². The van der Waals surface area contributed by atoms with Gasteiger partial charge < -0.3 is 10.6 Å². The van der Waals surface area contributed by atoms with Gasteiger partial charge in [0, 0.05) is 11.7 Å². The van der Waals surface area contributed by atoms with Crippen LogP contribution in [0.5, 0.6) is 0 Å². The molecule has 5 aromatic rings. The Balaban J connectivity index is 1.59. The Kier molecular flexibility index (Phi) is 8.50. The predicted molar refractivity (Wildman–Crippen MR) is 164 cm³/mol. The summed E-state index contributed by atoms with van der Waals surface area (Å²) in [6.07, 6.45) is -3.22. The van der Waals surface area contributed by atoms with Crippen LogP contribution in [0.1, 0.15) is 64.0 Å². The van der Waals surface area contributed by atoms with Gasteiger partial charge in [0.15, 0.2) is 5.82 Å². The summed E-state index contributed by atoms with van der Waals surface area (Å²) >= 11 is 12.5. The maximum absolute atomic E-state index is 13.9. The molecule has 0 saturated carbocycles. The maximum Gasteiger partial charge on any atom is 0.416 e. The molecule has 0 aliphatic heterocycles. The molecule has 3 aromatic heterocycles. The van der Waals surface area contributed by atoms with E-state index in [0.717, 1.165) is 12.1 Å². The first-order valence-corrected chi connectivity index (χ1v) is 14.3. The van der Waals surface area contributed by atoms with Crippen molar-refractivity contribution in [1.29, 1.82) is 5.26 Å². The van der Waals surface area contributed by atoms with Crippen LogP contribution in [0.15, 0.2) is 48.7 Å². The smallest absolute Gasteiger partial charge is 0.347 e. The van der Waals surface area contributed by atoms with Crippen molar-refractivity contribution >= 4 is 51.7 Å². The molecule has 0 fully saturated rings. The number of halogens is 5. The number of hydrogen-bond donors (Lipinski definition) is 2. The van der Waals surface area contributed by atoms with Crippen LogP contribution in [0.4, 0.5) is 18.9 Å². The zero-order valence-electron chi connectivity index (χ0n) is 24.7. The molecule has 46 heavy (non-hydrogen) atoms. The molecule has 2 aromatic carbocycles. The number of nitrogens with zero attached hydrogens (tertiary/aromatic N) is 7. The normalized spacial score (nSPS) is 11.8. The lowest BCUT2D eigenvalue weighted by molar-refractivity contribution is -0.137. The van der Waals surface area contributed by atoms with Crippen molar-refractivity contribution in [1.82, 2.24) is 35.1 Å². The predicted octanol–water partition coefficient (Wildman–Crippen LogP) is 6.35. The number of anilines is 1. The van der Waals surface area contributed by atoms with Gasteiger partial charge in [-0.05, 0) is 75.7 Å². The minimum Gasteiger partial charge on any atom is -0.347 e. The molecular weight excluding hydrogens is 646 g/mol. The summed E-state index contributed by atoms with van der Waals surface area (Å²) in [5.74, 6) is -1.14. The molecule has 0 saturated heterocycles. The molecule has 0 unspecified atom stereocenters. The molecular formula is C30H24Cl2F3N9O2. The Morgan fingerprint density at radius 2 is 1.78 bits per heavy atom. The van der Waals surface area contributed by atoms with Crippen molar-refractivity contribution in [2.75, 3.05) is 5.32 Å².